The lowest BCUT2D eigenvalue weighted by Gasteiger charge is -2.00. The predicted molar refractivity (Wildman–Crippen MR) is 82.7 cm³/mol. The number of nitrogens with one attached hydrogen (secondary N) is 1. The van der Waals surface area contributed by atoms with Crippen LogP contribution >= 0.6 is 0 Å². The van der Waals surface area contributed by atoms with Gasteiger partial charge in [-0.2, -0.15) is 5.10 Å². The minimum atomic E-state index is 0.450. The molecule has 0 bridgehead atoms. The number of anilines is 1. The van der Waals surface area contributed by atoms with Gasteiger partial charge >= 0.3 is 0 Å². The third-order valence-electron chi connectivity index (χ3n) is 3.81. The van der Waals surface area contributed by atoms with E-state index in [0.717, 1.165) is 27.8 Å². The van der Waals surface area contributed by atoms with Gasteiger partial charge in [0.15, 0.2) is 5.65 Å². The van der Waals surface area contributed by atoms with Crippen LogP contribution in [0.4, 0.5) is 5.82 Å². The lowest BCUT2D eigenvalue weighted by Crippen LogP contribution is -1.95. The average Bonchev–Trinajstić information content (AvgIpc) is 3.01. The number of H-pyrrole nitrogens is 1. The molecule has 3 heterocycles. The Labute approximate surface area is 120 Å². The molecule has 0 atom stereocenters. The standard InChI is InChI=1S/C15H14N6/c1-8-6-17-11-5-9(3-4-10(8)11)13-12-14(16)18-7-19-15(12)21(2)20-13/h3-7,17H,1-2H3,(H2,16,18,19). The molecular formula is C15H14N6. The fraction of sp³-hybridized carbons (Fsp3) is 0.133. The zero-order valence-corrected chi connectivity index (χ0v) is 11.8. The second-order valence-electron chi connectivity index (χ2n) is 5.16. The summed E-state index contributed by atoms with van der Waals surface area (Å²) in [6.07, 6.45) is 3.46. The molecule has 0 fully saturated rings. The molecular weight excluding hydrogens is 264 g/mol. The van der Waals surface area contributed by atoms with Crippen LogP contribution in [0.25, 0.3) is 33.2 Å². The van der Waals surface area contributed by atoms with Crippen LogP contribution in [0.1, 0.15) is 5.56 Å². The molecule has 0 saturated heterocycles. The summed E-state index contributed by atoms with van der Waals surface area (Å²) in [6.45, 7) is 2.08. The average molecular weight is 278 g/mol. The lowest BCUT2D eigenvalue weighted by molar-refractivity contribution is 0.789. The van der Waals surface area contributed by atoms with Crippen LogP contribution in [-0.2, 0) is 7.05 Å². The van der Waals surface area contributed by atoms with Gasteiger partial charge in [0, 0.05) is 29.7 Å². The van der Waals surface area contributed by atoms with E-state index < -0.39 is 0 Å². The molecule has 6 heteroatoms. The summed E-state index contributed by atoms with van der Waals surface area (Å²) in [5.41, 5.74) is 10.9. The van der Waals surface area contributed by atoms with E-state index in [-0.39, 0.29) is 0 Å². The number of aromatic nitrogens is 5. The predicted octanol–water partition coefficient (Wildman–Crippen LogP) is 2.40. The molecule has 0 aliphatic heterocycles. The Kier molecular flexibility index (Phi) is 2.29. The summed E-state index contributed by atoms with van der Waals surface area (Å²) in [7, 11) is 1.86. The van der Waals surface area contributed by atoms with Gasteiger partial charge in [-0.1, -0.05) is 12.1 Å². The molecule has 4 rings (SSSR count). The first-order valence-electron chi connectivity index (χ1n) is 6.66. The van der Waals surface area contributed by atoms with Gasteiger partial charge in [0.05, 0.1) is 5.39 Å². The van der Waals surface area contributed by atoms with E-state index >= 15 is 0 Å². The van der Waals surface area contributed by atoms with Crippen molar-refractivity contribution in [2.24, 2.45) is 7.05 Å². The number of benzene rings is 1. The SMILES string of the molecule is Cc1c[nH]c2cc(-c3nn(C)c4ncnc(N)c34)ccc12. The van der Waals surface area contributed by atoms with E-state index in [1.165, 1.54) is 17.3 Å². The zero-order chi connectivity index (χ0) is 14.6. The van der Waals surface area contributed by atoms with Gasteiger partial charge in [-0.3, -0.25) is 0 Å². The van der Waals surface area contributed by atoms with E-state index in [1.54, 1.807) is 4.68 Å². The van der Waals surface area contributed by atoms with E-state index in [0.29, 0.717) is 5.82 Å². The van der Waals surface area contributed by atoms with Crippen LogP contribution in [-0.4, -0.2) is 24.7 Å². The van der Waals surface area contributed by atoms with Crippen LogP contribution in [0.5, 0.6) is 0 Å². The highest BCUT2D eigenvalue weighted by Gasteiger charge is 2.15. The van der Waals surface area contributed by atoms with Crippen molar-refractivity contribution in [1.82, 2.24) is 24.7 Å². The number of hydrogen-bond donors (Lipinski definition) is 2. The van der Waals surface area contributed by atoms with Crippen molar-refractivity contribution in [3.05, 3.63) is 36.3 Å². The first-order valence-corrected chi connectivity index (χ1v) is 6.66. The van der Waals surface area contributed by atoms with Gasteiger partial charge in [-0.15, -0.1) is 0 Å². The number of nitrogens with two attached hydrogens (primary N) is 1. The summed E-state index contributed by atoms with van der Waals surface area (Å²) in [6, 6.07) is 6.23. The molecule has 0 unspecified atom stereocenters. The Morgan fingerprint density at radius 3 is 2.95 bits per heavy atom. The molecule has 1 aromatic carbocycles. The highest BCUT2D eigenvalue weighted by molar-refractivity contribution is 6.00. The maximum atomic E-state index is 6.01. The van der Waals surface area contributed by atoms with Crippen LogP contribution < -0.4 is 5.73 Å². The van der Waals surface area contributed by atoms with Gasteiger partial charge in [-0.25, -0.2) is 14.6 Å². The Morgan fingerprint density at radius 2 is 2.10 bits per heavy atom. The van der Waals surface area contributed by atoms with Crippen LogP contribution in [0.2, 0.25) is 0 Å². The van der Waals surface area contributed by atoms with E-state index in [2.05, 4.69) is 45.2 Å². The van der Waals surface area contributed by atoms with Crippen LogP contribution in [0, 0.1) is 6.92 Å². The smallest absolute Gasteiger partial charge is 0.163 e. The lowest BCUT2D eigenvalue weighted by atomic mass is 10.1. The number of nitrogens with zero attached hydrogens (tertiary/aromatic N) is 4. The number of rotatable bonds is 1. The van der Waals surface area contributed by atoms with Gasteiger partial charge < -0.3 is 10.7 Å². The van der Waals surface area contributed by atoms with Gasteiger partial charge in [0.2, 0.25) is 0 Å². The van der Waals surface area contributed by atoms with E-state index in [4.69, 9.17) is 5.73 Å². The largest absolute Gasteiger partial charge is 0.383 e. The Bertz CT molecular complexity index is 979. The number of nitrogen functional groups attached to an aromatic ring is 1. The van der Waals surface area contributed by atoms with Crippen molar-refractivity contribution in [2.75, 3.05) is 5.73 Å². The molecule has 0 amide bonds. The van der Waals surface area contributed by atoms with E-state index in [1.807, 2.05) is 13.2 Å². The molecule has 0 saturated carbocycles. The monoisotopic (exact) mass is 278 g/mol. The minimum Gasteiger partial charge on any atom is -0.383 e. The fourth-order valence-electron chi connectivity index (χ4n) is 2.73. The molecule has 4 aromatic rings. The molecule has 6 nitrogen and oxygen atoms in total. The zero-order valence-electron chi connectivity index (χ0n) is 11.8. The van der Waals surface area contributed by atoms with Crippen LogP contribution in [0.3, 0.4) is 0 Å². The second-order valence-corrected chi connectivity index (χ2v) is 5.16. The Balaban J connectivity index is 2.04. The Hall–Kier alpha value is -2.89. The molecule has 104 valence electrons. The van der Waals surface area contributed by atoms with Crippen molar-refractivity contribution in [2.45, 2.75) is 6.92 Å². The van der Waals surface area contributed by atoms with Gasteiger partial charge in [0.1, 0.15) is 17.8 Å². The molecule has 3 aromatic heterocycles. The molecule has 0 aliphatic carbocycles. The molecule has 21 heavy (non-hydrogen) atoms. The topological polar surface area (TPSA) is 85.4 Å². The quantitative estimate of drug-likeness (QED) is 0.560. The second kappa shape index (κ2) is 4.05. The van der Waals surface area contributed by atoms with Gasteiger partial charge in [0.25, 0.3) is 0 Å². The van der Waals surface area contributed by atoms with Crippen molar-refractivity contribution >= 4 is 27.8 Å². The number of fused-ring (bicyclic) bond motifs is 2. The molecule has 0 aliphatic rings. The highest BCUT2D eigenvalue weighted by atomic mass is 15.3. The van der Waals surface area contributed by atoms with E-state index in [9.17, 15) is 0 Å². The fourth-order valence-corrected chi connectivity index (χ4v) is 2.73. The molecule has 0 spiro atoms. The first-order chi connectivity index (χ1) is 10.1. The summed E-state index contributed by atoms with van der Waals surface area (Å²) >= 11 is 0. The third kappa shape index (κ3) is 1.62. The summed E-state index contributed by atoms with van der Waals surface area (Å²) in [5.74, 6) is 0.450. The number of hydrogen-bond acceptors (Lipinski definition) is 4. The van der Waals surface area contributed by atoms with Crippen molar-refractivity contribution in [1.29, 1.82) is 0 Å². The third-order valence-corrected chi connectivity index (χ3v) is 3.81. The highest BCUT2D eigenvalue weighted by Crippen LogP contribution is 2.31. The normalized spacial score (nSPS) is 11.5. The minimum absolute atomic E-state index is 0.450. The first kappa shape index (κ1) is 11.9. The number of aryl methyl sites for hydroxylation is 2. The molecule has 0 radical (unpaired) electrons. The van der Waals surface area contributed by atoms with Gasteiger partial charge in [-0.05, 0) is 18.6 Å². The maximum Gasteiger partial charge on any atom is 0.163 e. The molecule has 3 N–H and O–H groups in total. The summed E-state index contributed by atoms with van der Waals surface area (Å²) < 4.78 is 1.73. The Morgan fingerprint density at radius 1 is 1.24 bits per heavy atom. The van der Waals surface area contributed by atoms with Crippen LogP contribution in [0.15, 0.2) is 30.7 Å². The maximum absolute atomic E-state index is 6.01. The van der Waals surface area contributed by atoms with Crippen molar-refractivity contribution < 1.29 is 0 Å². The van der Waals surface area contributed by atoms with Crippen molar-refractivity contribution in [3.8, 4) is 11.3 Å². The number of aromatic amines is 1. The summed E-state index contributed by atoms with van der Waals surface area (Å²) in [4.78, 5) is 11.6. The van der Waals surface area contributed by atoms with Crippen molar-refractivity contribution in [3.63, 3.8) is 0 Å². The summed E-state index contributed by atoms with van der Waals surface area (Å²) in [5, 5.41) is 6.56.